The number of rotatable bonds is 2. The molecule has 3 heterocycles. The smallest absolute Gasteiger partial charge is 0.146 e. The van der Waals surface area contributed by atoms with Gasteiger partial charge in [0.25, 0.3) is 0 Å². The van der Waals surface area contributed by atoms with Gasteiger partial charge in [0.15, 0.2) is 0 Å². The Balaban J connectivity index is 1.96. The molecule has 0 spiro atoms. The van der Waals surface area contributed by atoms with E-state index in [1.807, 2.05) is 18.3 Å². The Morgan fingerprint density at radius 1 is 1.30 bits per heavy atom. The molecule has 0 aromatic carbocycles. The highest BCUT2D eigenvalue weighted by molar-refractivity contribution is 9.10. The van der Waals surface area contributed by atoms with Crippen LogP contribution in [-0.2, 0) is 0 Å². The van der Waals surface area contributed by atoms with Crippen molar-refractivity contribution in [2.24, 2.45) is 0 Å². The molecule has 2 N–H and O–H groups in total. The molecule has 0 radical (unpaired) electrons. The van der Waals surface area contributed by atoms with Crippen LogP contribution in [0, 0.1) is 6.92 Å². The lowest BCUT2D eigenvalue weighted by Crippen LogP contribution is -2.25. The van der Waals surface area contributed by atoms with E-state index in [4.69, 9.17) is 5.73 Å². The summed E-state index contributed by atoms with van der Waals surface area (Å²) in [5.41, 5.74) is 7.74. The molecule has 2 aromatic heterocycles. The Hall–Kier alpha value is -1.69. The maximum absolute atomic E-state index is 5.61. The van der Waals surface area contributed by atoms with Crippen LogP contribution in [0.4, 0.5) is 11.6 Å². The SMILES string of the molecule is Cc1ccnc(N2CCCC2c2ccc(N)nn2)c1Br. The van der Waals surface area contributed by atoms with Crippen molar-refractivity contribution in [2.75, 3.05) is 17.2 Å². The minimum absolute atomic E-state index is 0.216. The maximum atomic E-state index is 5.61. The maximum Gasteiger partial charge on any atom is 0.146 e. The molecule has 0 amide bonds. The quantitative estimate of drug-likeness (QED) is 0.915. The average molecular weight is 334 g/mol. The van der Waals surface area contributed by atoms with Crippen LogP contribution in [0.15, 0.2) is 28.9 Å². The van der Waals surface area contributed by atoms with Gasteiger partial charge in [0.1, 0.15) is 11.6 Å². The molecule has 5 nitrogen and oxygen atoms in total. The Morgan fingerprint density at radius 2 is 2.15 bits per heavy atom. The second kappa shape index (κ2) is 5.36. The summed E-state index contributed by atoms with van der Waals surface area (Å²) in [6.07, 6.45) is 4.03. The van der Waals surface area contributed by atoms with Gasteiger partial charge in [-0.25, -0.2) is 4.98 Å². The molecule has 1 atom stereocenters. The van der Waals surface area contributed by atoms with Gasteiger partial charge in [-0.3, -0.25) is 0 Å². The van der Waals surface area contributed by atoms with E-state index in [1.54, 1.807) is 6.07 Å². The molecule has 2 aromatic rings. The van der Waals surface area contributed by atoms with Gasteiger partial charge in [0, 0.05) is 12.7 Å². The van der Waals surface area contributed by atoms with E-state index >= 15 is 0 Å². The molecule has 1 aliphatic rings. The predicted molar refractivity (Wildman–Crippen MR) is 82.4 cm³/mol. The summed E-state index contributed by atoms with van der Waals surface area (Å²) in [7, 11) is 0. The number of hydrogen-bond donors (Lipinski definition) is 1. The highest BCUT2D eigenvalue weighted by Crippen LogP contribution is 2.38. The topological polar surface area (TPSA) is 67.9 Å². The highest BCUT2D eigenvalue weighted by atomic mass is 79.9. The minimum Gasteiger partial charge on any atom is -0.382 e. The molecule has 6 heteroatoms. The highest BCUT2D eigenvalue weighted by Gasteiger charge is 2.29. The zero-order chi connectivity index (χ0) is 14.1. The molecule has 20 heavy (non-hydrogen) atoms. The van der Waals surface area contributed by atoms with Crippen LogP contribution in [0.3, 0.4) is 0 Å². The van der Waals surface area contributed by atoms with Crippen molar-refractivity contribution in [1.29, 1.82) is 0 Å². The van der Waals surface area contributed by atoms with E-state index in [0.717, 1.165) is 35.4 Å². The summed E-state index contributed by atoms with van der Waals surface area (Å²) in [5.74, 6) is 1.43. The van der Waals surface area contributed by atoms with E-state index in [0.29, 0.717) is 5.82 Å². The first-order valence-corrected chi connectivity index (χ1v) is 7.43. The van der Waals surface area contributed by atoms with Gasteiger partial charge in [0.2, 0.25) is 0 Å². The second-order valence-electron chi connectivity index (χ2n) is 5.00. The number of nitrogens with two attached hydrogens (primary N) is 1. The second-order valence-corrected chi connectivity index (χ2v) is 5.79. The molecule has 1 unspecified atom stereocenters. The van der Waals surface area contributed by atoms with Crippen molar-refractivity contribution >= 4 is 27.6 Å². The third-order valence-electron chi connectivity index (χ3n) is 3.64. The lowest BCUT2D eigenvalue weighted by molar-refractivity contribution is 0.672. The normalized spacial score (nSPS) is 18.5. The summed E-state index contributed by atoms with van der Waals surface area (Å²) < 4.78 is 1.05. The van der Waals surface area contributed by atoms with Crippen LogP contribution in [0.5, 0.6) is 0 Å². The molecule has 0 saturated carbocycles. The molecule has 0 aliphatic carbocycles. The summed E-state index contributed by atoms with van der Waals surface area (Å²) >= 11 is 3.64. The number of nitrogens with zero attached hydrogens (tertiary/aromatic N) is 4. The largest absolute Gasteiger partial charge is 0.382 e. The Labute approximate surface area is 126 Å². The van der Waals surface area contributed by atoms with Crippen LogP contribution in [0.1, 0.15) is 30.1 Å². The molecule has 0 bridgehead atoms. The summed E-state index contributed by atoms with van der Waals surface area (Å²) in [6, 6.07) is 5.97. The zero-order valence-electron chi connectivity index (χ0n) is 11.3. The van der Waals surface area contributed by atoms with Gasteiger partial charge < -0.3 is 10.6 Å². The first-order valence-electron chi connectivity index (χ1n) is 6.63. The molecular weight excluding hydrogens is 318 g/mol. The zero-order valence-corrected chi connectivity index (χ0v) is 12.8. The summed E-state index contributed by atoms with van der Waals surface area (Å²) in [5, 5.41) is 8.19. The Bertz CT molecular complexity index is 613. The van der Waals surface area contributed by atoms with Gasteiger partial charge in [-0.15, -0.1) is 5.10 Å². The van der Waals surface area contributed by atoms with Crippen LogP contribution < -0.4 is 10.6 Å². The number of hydrogen-bond acceptors (Lipinski definition) is 5. The fourth-order valence-electron chi connectivity index (χ4n) is 2.58. The minimum atomic E-state index is 0.216. The van der Waals surface area contributed by atoms with Crippen molar-refractivity contribution < 1.29 is 0 Å². The molecule has 1 saturated heterocycles. The number of nitrogen functional groups attached to an aromatic ring is 1. The first kappa shape index (κ1) is 13.3. The standard InChI is InChI=1S/C14H16BrN5/c1-9-6-7-17-14(13(9)15)20-8-2-3-11(20)10-4-5-12(16)19-18-10/h4-7,11H,2-3,8H2,1H3,(H2,16,19). The van der Waals surface area contributed by atoms with E-state index in [2.05, 4.69) is 42.9 Å². The number of aromatic nitrogens is 3. The lowest BCUT2D eigenvalue weighted by Gasteiger charge is -2.26. The fraction of sp³-hybridized carbons (Fsp3) is 0.357. The number of pyridine rings is 1. The van der Waals surface area contributed by atoms with Gasteiger partial charge in [0.05, 0.1) is 16.2 Å². The molecule has 104 valence electrons. The van der Waals surface area contributed by atoms with E-state index in [9.17, 15) is 0 Å². The molecular formula is C14H16BrN5. The molecule has 1 fully saturated rings. The van der Waals surface area contributed by atoms with Crippen molar-refractivity contribution in [3.8, 4) is 0 Å². The third-order valence-corrected chi connectivity index (χ3v) is 4.62. The lowest BCUT2D eigenvalue weighted by atomic mass is 10.1. The van der Waals surface area contributed by atoms with E-state index in [1.165, 1.54) is 5.56 Å². The van der Waals surface area contributed by atoms with Crippen molar-refractivity contribution in [2.45, 2.75) is 25.8 Å². The van der Waals surface area contributed by atoms with Gasteiger partial charge in [-0.05, 0) is 59.5 Å². The summed E-state index contributed by atoms with van der Waals surface area (Å²) in [4.78, 5) is 6.81. The van der Waals surface area contributed by atoms with Crippen molar-refractivity contribution in [1.82, 2.24) is 15.2 Å². The summed E-state index contributed by atoms with van der Waals surface area (Å²) in [6.45, 7) is 3.05. The monoisotopic (exact) mass is 333 g/mol. The van der Waals surface area contributed by atoms with Gasteiger partial charge in [-0.1, -0.05) is 0 Å². The number of aryl methyl sites for hydroxylation is 1. The third kappa shape index (κ3) is 2.35. The van der Waals surface area contributed by atoms with Crippen molar-refractivity contribution in [3.05, 3.63) is 40.1 Å². The number of halogens is 1. The molecule has 3 rings (SSSR count). The van der Waals surface area contributed by atoms with Crippen molar-refractivity contribution in [3.63, 3.8) is 0 Å². The van der Waals surface area contributed by atoms with Crippen LogP contribution >= 0.6 is 15.9 Å². The average Bonchev–Trinajstić information content (AvgIpc) is 2.92. The van der Waals surface area contributed by atoms with Crippen LogP contribution in [0.25, 0.3) is 0 Å². The van der Waals surface area contributed by atoms with Gasteiger partial charge >= 0.3 is 0 Å². The van der Waals surface area contributed by atoms with E-state index in [-0.39, 0.29) is 6.04 Å². The van der Waals surface area contributed by atoms with Gasteiger partial charge in [-0.2, -0.15) is 5.10 Å². The Kier molecular flexibility index (Phi) is 3.56. The van der Waals surface area contributed by atoms with Crippen LogP contribution in [-0.4, -0.2) is 21.7 Å². The van der Waals surface area contributed by atoms with E-state index < -0.39 is 0 Å². The first-order chi connectivity index (χ1) is 9.66. The number of anilines is 2. The van der Waals surface area contributed by atoms with Crippen LogP contribution in [0.2, 0.25) is 0 Å². The Morgan fingerprint density at radius 3 is 2.90 bits per heavy atom. The fourth-order valence-corrected chi connectivity index (χ4v) is 3.05. The predicted octanol–water partition coefficient (Wildman–Crippen LogP) is 2.87. The molecule has 1 aliphatic heterocycles.